The predicted molar refractivity (Wildman–Crippen MR) is 62.3 cm³/mol. The Morgan fingerprint density at radius 2 is 2.06 bits per heavy atom. The van der Waals surface area contributed by atoms with E-state index >= 15 is 0 Å². The van der Waals surface area contributed by atoms with Gasteiger partial charge in [0.1, 0.15) is 0 Å². The molecule has 0 atom stereocenters. The Morgan fingerprint density at radius 3 is 2.71 bits per heavy atom. The maximum atomic E-state index is 11.6. The van der Waals surface area contributed by atoms with Crippen LogP contribution in [0.1, 0.15) is 23.2 Å². The van der Waals surface area contributed by atoms with Gasteiger partial charge in [-0.3, -0.25) is 14.6 Å². The van der Waals surface area contributed by atoms with E-state index in [0.717, 1.165) is 12.8 Å². The van der Waals surface area contributed by atoms with E-state index in [2.05, 4.69) is 15.6 Å². The van der Waals surface area contributed by atoms with Gasteiger partial charge in [0.05, 0.1) is 5.56 Å². The van der Waals surface area contributed by atoms with Gasteiger partial charge in [0.15, 0.2) is 0 Å². The molecule has 0 aliphatic heterocycles. The number of aromatic nitrogens is 1. The molecule has 2 amide bonds. The molecule has 1 aliphatic rings. The standard InChI is InChI=1S/C12H15N3O2/c16-11(9-3-4-9)14-6-7-15-12(17)10-2-1-5-13-8-10/h1-2,5,8-9H,3-4,6-7H2,(H,14,16)(H,15,17). The second kappa shape index (κ2) is 5.43. The molecule has 1 heterocycles. The fraction of sp³-hybridized carbons (Fsp3) is 0.417. The van der Waals surface area contributed by atoms with Crippen molar-refractivity contribution in [3.05, 3.63) is 30.1 Å². The highest BCUT2D eigenvalue weighted by molar-refractivity contribution is 5.93. The summed E-state index contributed by atoms with van der Waals surface area (Å²) in [5.74, 6) is 0.142. The molecule has 0 unspecified atom stereocenters. The monoisotopic (exact) mass is 233 g/mol. The average molecular weight is 233 g/mol. The lowest BCUT2D eigenvalue weighted by Crippen LogP contribution is -2.35. The lowest BCUT2D eigenvalue weighted by molar-refractivity contribution is -0.122. The highest BCUT2D eigenvalue weighted by atomic mass is 16.2. The summed E-state index contributed by atoms with van der Waals surface area (Å²) in [7, 11) is 0. The Hall–Kier alpha value is -1.91. The molecule has 2 rings (SSSR count). The van der Waals surface area contributed by atoms with Crippen LogP contribution < -0.4 is 10.6 Å². The molecular formula is C12H15N3O2. The van der Waals surface area contributed by atoms with Crippen molar-refractivity contribution in [3.8, 4) is 0 Å². The summed E-state index contributed by atoms with van der Waals surface area (Å²) in [6.07, 6.45) is 5.12. The van der Waals surface area contributed by atoms with Gasteiger partial charge in [-0.25, -0.2) is 0 Å². The molecule has 0 saturated heterocycles. The van der Waals surface area contributed by atoms with Crippen LogP contribution in [0.3, 0.4) is 0 Å². The smallest absolute Gasteiger partial charge is 0.252 e. The van der Waals surface area contributed by atoms with Crippen molar-refractivity contribution in [2.45, 2.75) is 12.8 Å². The van der Waals surface area contributed by atoms with Gasteiger partial charge in [-0.15, -0.1) is 0 Å². The van der Waals surface area contributed by atoms with Crippen LogP contribution in [0.5, 0.6) is 0 Å². The maximum absolute atomic E-state index is 11.6. The first-order valence-corrected chi connectivity index (χ1v) is 5.73. The summed E-state index contributed by atoms with van der Waals surface area (Å²) in [5.41, 5.74) is 0.529. The van der Waals surface area contributed by atoms with Crippen molar-refractivity contribution in [3.63, 3.8) is 0 Å². The molecule has 1 aromatic heterocycles. The van der Waals surface area contributed by atoms with Crippen LogP contribution in [0.4, 0.5) is 0 Å². The van der Waals surface area contributed by atoms with Crippen LogP contribution in [0.15, 0.2) is 24.5 Å². The van der Waals surface area contributed by atoms with Crippen LogP contribution in [0, 0.1) is 5.92 Å². The lowest BCUT2D eigenvalue weighted by atomic mass is 10.3. The first-order valence-electron chi connectivity index (χ1n) is 5.73. The molecule has 2 N–H and O–H groups in total. The highest BCUT2D eigenvalue weighted by Gasteiger charge is 2.28. The fourth-order valence-corrected chi connectivity index (χ4v) is 1.45. The predicted octanol–water partition coefficient (Wildman–Crippen LogP) is 0.338. The van der Waals surface area contributed by atoms with E-state index in [-0.39, 0.29) is 17.7 Å². The van der Waals surface area contributed by atoms with Gasteiger partial charge < -0.3 is 10.6 Å². The number of nitrogens with one attached hydrogen (secondary N) is 2. The Kier molecular flexibility index (Phi) is 3.69. The molecule has 0 aromatic carbocycles. The van der Waals surface area contributed by atoms with E-state index in [1.54, 1.807) is 18.3 Å². The van der Waals surface area contributed by atoms with Crippen LogP contribution in [-0.2, 0) is 4.79 Å². The summed E-state index contributed by atoms with van der Waals surface area (Å²) >= 11 is 0. The minimum absolute atomic E-state index is 0.0978. The summed E-state index contributed by atoms with van der Waals surface area (Å²) < 4.78 is 0. The van der Waals surface area contributed by atoms with Crippen LogP contribution >= 0.6 is 0 Å². The van der Waals surface area contributed by atoms with Gasteiger partial charge >= 0.3 is 0 Å². The molecule has 5 heteroatoms. The van der Waals surface area contributed by atoms with Gasteiger partial charge in [-0.2, -0.15) is 0 Å². The van der Waals surface area contributed by atoms with E-state index in [1.165, 1.54) is 6.20 Å². The summed E-state index contributed by atoms with van der Waals surface area (Å²) in [5, 5.41) is 5.50. The molecule has 5 nitrogen and oxygen atoms in total. The Balaban J connectivity index is 1.65. The van der Waals surface area contributed by atoms with Crippen molar-refractivity contribution in [1.82, 2.24) is 15.6 Å². The number of pyridine rings is 1. The molecule has 90 valence electrons. The lowest BCUT2D eigenvalue weighted by Gasteiger charge is -2.06. The number of rotatable bonds is 5. The Bertz CT molecular complexity index is 401. The summed E-state index contributed by atoms with van der Waals surface area (Å²) in [6.45, 7) is 0.910. The Morgan fingerprint density at radius 1 is 1.29 bits per heavy atom. The van der Waals surface area contributed by atoms with Crippen molar-refractivity contribution >= 4 is 11.8 Å². The number of amides is 2. The molecule has 0 radical (unpaired) electrons. The largest absolute Gasteiger partial charge is 0.354 e. The van der Waals surface area contributed by atoms with Crippen molar-refractivity contribution in [2.24, 2.45) is 5.92 Å². The zero-order valence-electron chi connectivity index (χ0n) is 9.48. The number of carbonyl (C=O) groups excluding carboxylic acids is 2. The van der Waals surface area contributed by atoms with Crippen LogP contribution in [0.25, 0.3) is 0 Å². The van der Waals surface area contributed by atoms with E-state index in [1.807, 2.05) is 0 Å². The molecule has 1 aliphatic carbocycles. The van der Waals surface area contributed by atoms with Gasteiger partial charge in [0.25, 0.3) is 5.91 Å². The quantitative estimate of drug-likeness (QED) is 0.720. The van der Waals surface area contributed by atoms with Crippen LogP contribution in [0.2, 0.25) is 0 Å². The summed E-state index contributed by atoms with van der Waals surface area (Å²) in [4.78, 5) is 26.7. The van der Waals surface area contributed by atoms with Gasteiger partial charge in [0, 0.05) is 31.4 Å². The second-order valence-electron chi connectivity index (χ2n) is 4.06. The molecule has 1 aromatic rings. The van der Waals surface area contributed by atoms with Crippen molar-refractivity contribution in [1.29, 1.82) is 0 Å². The minimum Gasteiger partial charge on any atom is -0.354 e. The molecular weight excluding hydrogens is 218 g/mol. The average Bonchev–Trinajstić information content (AvgIpc) is 3.19. The van der Waals surface area contributed by atoms with Crippen molar-refractivity contribution < 1.29 is 9.59 Å². The van der Waals surface area contributed by atoms with Crippen molar-refractivity contribution in [2.75, 3.05) is 13.1 Å². The third-order valence-corrected chi connectivity index (χ3v) is 2.58. The third kappa shape index (κ3) is 3.55. The molecule has 1 saturated carbocycles. The fourth-order valence-electron chi connectivity index (χ4n) is 1.45. The number of hydrogen-bond acceptors (Lipinski definition) is 3. The molecule has 0 spiro atoms. The first-order chi connectivity index (χ1) is 8.27. The molecule has 1 fully saturated rings. The van der Waals surface area contributed by atoms with Gasteiger partial charge in [-0.05, 0) is 25.0 Å². The maximum Gasteiger partial charge on any atom is 0.252 e. The van der Waals surface area contributed by atoms with Gasteiger partial charge in [-0.1, -0.05) is 0 Å². The third-order valence-electron chi connectivity index (χ3n) is 2.58. The summed E-state index contributed by atoms with van der Waals surface area (Å²) in [6, 6.07) is 3.41. The zero-order chi connectivity index (χ0) is 12.1. The minimum atomic E-state index is -0.168. The highest BCUT2D eigenvalue weighted by Crippen LogP contribution is 2.28. The normalized spacial score (nSPS) is 14.1. The molecule has 0 bridgehead atoms. The van der Waals surface area contributed by atoms with E-state index in [9.17, 15) is 9.59 Å². The van der Waals surface area contributed by atoms with E-state index < -0.39 is 0 Å². The zero-order valence-corrected chi connectivity index (χ0v) is 9.48. The topological polar surface area (TPSA) is 71.1 Å². The number of hydrogen-bond donors (Lipinski definition) is 2. The molecule has 17 heavy (non-hydrogen) atoms. The van der Waals surface area contributed by atoms with E-state index in [0.29, 0.717) is 18.7 Å². The van der Waals surface area contributed by atoms with E-state index in [4.69, 9.17) is 0 Å². The number of carbonyl (C=O) groups is 2. The van der Waals surface area contributed by atoms with Gasteiger partial charge in [0.2, 0.25) is 5.91 Å². The first kappa shape index (κ1) is 11.6. The van der Waals surface area contributed by atoms with Crippen LogP contribution in [-0.4, -0.2) is 29.9 Å². The Labute approximate surface area is 99.6 Å². The SMILES string of the molecule is O=C(NCCNC(=O)C1CC1)c1cccnc1. The number of nitrogens with zero attached hydrogens (tertiary/aromatic N) is 1. The second-order valence-corrected chi connectivity index (χ2v) is 4.06.